The summed E-state index contributed by atoms with van der Waals surface area (Å²) in [7, 11) is 0. The SMILES string of the molecule is CC1(C)CCC(C)(C)c2c(N(c3ccc4c(c3)C(C)(C)c3ccccc3-4)c3cc(-c4ccccc4)c4c(c3)C3(c5ccccc5O4)C4CC5CC6CC3C64C5)cccc21. The average molecular weight is 770 g/mol. The van der Waals surface area contributed by atoms with Gasteiger partial charge in [0, 0.05) is 38.9 Å². The van der Waals surface area contributed by atoms with Gasteiger partial charge in [-0.2, -0.15) is 0 Å². The number of ether oxygens (including phenoxy) is 1. The van der Waals surface area contributed by atoms with Crippen molar-refractivity contribution in [2.45, 2.75) is 102 Å². The minimum absolute atomic E-state index is 0.00997. The maximum Gasteiger partial charge on any atom is 0.139 e. The van der Waals surface area contributed by atoms with Crippen LogP contribution in [0.15, 0.2) is 127 Å². The van der Waals surface area contributed by atoms with E-state index in [1.165, 1.54) is 105 Å². The van der Waals surface area contributed by atoms with Crippen molar-refractivity contribution < 1.29 is 4.74 Å². The minimum Gasteiger partial charge on any atom is -0.456 e. The topological polar surface area (TPSA) is 12.5 Å². The molecule has 0 aromatic heterocycles. The molecule has 6 aromatic carbocycles. The molecule has 4 saturated carbocycles. The second kappa shape index (κ2) is 11.2. The quantitative estimate of drug-likeness (QED) is 0.177. The molecule has 7 aliphatic rings. The fourth-order valence-electron chi connectivity index (χ4n) is 15.3. The number of hydrogen-bond donors (Lipinski definition) is 0. The Labute approximate surface area is 350 Å². The Balaban J connectivity index is 1.12. The van der Waals surface area contributed by atoms with Crippen molar-refractivity contribution >= 4 is 17.1 Å². The van der Waals surface area contributed by atoms with E-state index in [0.29, 0.717) is 17.3 Å². The van der Waals surface area contributed by atoms with Gasteiger partial charge in [-0.3, -0.25) is 0 Å². The second-order valence-electron chi connectivity index (χ2n) is 21.6. The Bertz CT molecular complexity index is 2790. The number of benzene rings is 6. The Kier molecular flexibility index (Phi) is 6.59. The van der Waals surface area contributed by atoms with Crippen LogP contribution < -0.4 is 9.64 Å². The van der Waals surface area contributed by atoms with Crippen LogP contribution in [0.2, 0.25) is 0 Å². The molecule has 294 valence electrons. The molecular weight excluding hydrogens is 715 g/mol. The Morgan fingerprint density at radius 3 is 2.07 bits per heavy atom. The van der Waals surface area contributed by atoms with Crippen LogP contribution in [0.4, 0.5) is 17.1 Å². The first kappa shape index (κ1) is 34.8. The van der Waals surface area contributed by atoms with Crippen molar-refractivity contribution in [3.63, 3.8) is 0 Å². The lowest BCUT2D eigenvalue weighted by molar-refractivity contribution is -0.235. The first-order valence-corrected chi connectivity index (χ1v) is 22.6. The third kappa shape index (κ3) is 4.15. The van der Waals surface area contributed by atoms with Crippen molar-refractivity contribution in [3.8, 4) is 33.8 Å². The van der Waals surface area contributed by atoms with Gasteiger partial charge in [0.05, 0.1) is 5.69 Å². The Morgan fingerprint density at radius 1 is 0.542 bits per heavy atom. The second-order valence-corrected chi connectivity index (χ2v) is 21.6. The first-order valence-electron chi connectivity index (χ1n) is 22.6. The van der Waals surface area contributed by atoms with Gasteiger partial charge in [0.15, 0.2) is 0 Å². The van der Waals surface area contributed by atoms with Crippen molar-refractivity contribution in [3.05, 3.63) is 161 Å². The van der Waals surface area contributed by atoms with E-state index in [4.69, 9.17) is 4.74 Å². The largest absolute Gasteiger partial charge is 0.456 e. The highest BCUT2D eigenvalue weighted by molar-refractivity contribution is 5.90. The lowest BCUT2D eigenvalue weighted by atomic mass is 9.26. The van der Waals surface area contributed by atoms with Crippen LogP contribution in [0.1, 0.15) is 113 Å². The van der Waals surface area contributed by atoms with Crippen molar-refractivity contribution in [2.24, 2.45) is 29.1 Å². The molecule has 0 radical (unpaired) electrons. The lowest BCUT2D eigenvalue weighted by Crippen LogP contribution is -2.74. The molecule has 6 unspecified atom stereocenters. The third-order valence-electron chi connectivity index (χ3n) is 17.8. The van der Waals surface area contributed by atoms with E-state index in [1.807, 2.05) is 0 Å². The predicted molar refractivity (Wildman–Crippen MR) is 242 cm³/mol. The van der Waals surface area contributed by atoms with Gasteiger partial charge >= 0.3 is 0 Å². The maximum absolute atomic E-state index is 7.29. The number of anilines is 3. The molecule has 6 aliphatic carbocycles. The third-order valence-corrected chi connectivity index (χ3v) is 17.8. The van der Waals surface area contributed by atoms with Crippen LogP contribution in [-0.2, 0) is 21.7 Å². The standard InChI is InChI=1S/C57H55NO/c1-53(2)25-26-54(3,4)51-44(53)20-14-21-47(51)58(37-23-24-40-39-17-10-11-18-42(39)55(5,6)45(40)31-37)38-30-41(35-15-8-7-9-16-35)52-46(32-38)57(43-19-12-13-22-48(43)59-52)49-28-34-27-36-29-50(57)56(36,49)33-34/h7-24,30-32,34,36,49-50H,25-29,33H2,1-6H3. The molecule has 2 nitrogen and oxygen atoms in total. The zero-order valence-corrected chi connectivity index (χ0v) is 35.5. The molecule has 0 saturated heterocycles. The van der Waals surface area contributed by atoms with Crippen molar-refractivity contribution in [1.82, 2.24) is 0 Å². The molecule has 0 N–H and O–H groups in total. The first-order chi connectivity index (χ1) is 28.4. The predicted octanol–water partition coefficient (Wildman–Crippen LogP) is 14.9. The highest BCUT2D eigenvalue weighted by atomic mass is 16.5. The van der Waals surface area contributed by atoms with E-state index in [0.717, 1.165) is 29.8 Å². The summed E-state index contributed by atoms with van der Waals surface area (Å²) >= 11 is 0. The number of nitrogens with zero attached hydrogens (tertiary/aromatic N) is 1. The molecule has 1 heterocycles. The molecular formula is C57H55NO. The molecule has 6 atom stereocenters. The molecule has 4 fully saturated rings. The molecule has 2 spiro atoms. The van der Waals surface area contributed by atoms with Gasteiger partial charge < -0.3 is 9.64 Å². The van der Waals surface area contributed by atoms with Gasteiger partial charge in [-0.25, -0.2) is 0 Å². The zero-order chi connectivity index (χ0) is 39.8. The van der Waals surface area contributed by atoms with Crippen LogP contribution in [-0.4, -0.2) is 0 Å². The summed E-state index contributed by atoms with van der Waals surface area (Å²) in [6, 6.07) is 49.1. The molecule has 6 aromatic rings. The molecule has 13 rings (SSSR count). The maximum atomic E-state index is 7.29. The van der Waals surface area contributed by atoms with E-state index < -0.39 is 0 Å². The van der Waals surface area contributed by atoms with E-state index in [-0.39, 0.29) is 21.7 Å². The van der Waals surface area contributed by atoms with Crippen molar-refractivity contribution in [2.75, 3.05) is 4.90 Å². The summed E-state index contributed by atoms with van der Waals surface area (Å²) in [5.41, 5.74) is 18.1. The number of hydrogen-bond acceptors (Lipinski definition) is 2. The van der Waals surface area contributed by atoms with Gasteiger partial charge in [-0.15, -0.1) is 0 Å². The smallest absolute Gasteiger partial charge is 0.139 e. The normalized spacial score (nSPS) is 29.5. The molecule has 59 heavy (non-hydrogen) atoms. The Morgan fingerprint density at radius 2 is 1.24 bits per heavy atom. The highest BCUT2D eigenvalue weighted by Gasteiger charge is 2.84. The minimum atomic E-state index is -0.111. The zero-order valence-electron chi connectivity index (χ0n) is 35.5. The van der Waals surface area contributed by atoms with Crippen LogP contribution in [0, 0.1) is 29.1 Å². The van der Waals surface area contributed by atoms with E-state index >= 15 is 0 Å². The van der Waals surface area contributed by atoms with Crippen LogP contribution in [0.3, 0.4) is 0 Å². The summed E-state index contributed by atoms with van der Waals surface area (Å²) in [6.07, 6.45) is 7.95. The van der Waals surface area contributed by atoms with Crippen molar-refractivity contribution in [1.29, 1.82) is 0 Å². The summed E-state index contributed by atoms with van der Waals surface area (Å²) in [5.74, 6) is 5.27. The summed E-state index contributed by atoms with van der Waals surface area (Å²) in [5, 5.41) is 0. The Hall–Kier alpha value is -5.08. The van der Waals surface area contributed by atoms with Gasteiger partial charge in [-0.05, 0) is 154 Å². The number of fused-ring (bicyclic) bond motifs is 11. The fourth-order valence-corrected chi connectivity index (χ4v) is 15.3. The van der Waals surface area contributed by atoms with E-state index in [9.17, 15) is 0 Å². The monoisotopic (exact) mass is 769 g/mol. The lowest BCUT2D eigenvalue weighted by Gasteiger charge is -2.77. The molecule has 2 heteroatoms. The van der Waals surface area contributed by atoms with Crippen LogP contribution in [0.5, 0.6) is 11.5 Å². The fraction of sp³-hybridized carbons (Fsp3) is 0.368. The van der Waals surface area contributed by atoms with Crippen LogP contribution in [0.25, 0.3) is 22.3 Å². The molecule has 1 aliphatic heterocycles. The molecule has 2 bridgehead atoms. The number of rotatable bonds is 4. The highest BCUT2D eigenvalue weighted by Crippen LogP contribution is 2.89. The molecule has 0 amide bonds. The van der Waals surface area contributed by atoms with Crippen LogP contribution >= 0.6 is 0 Å². The summed E-state index contributed by atoms with van der Waals surface area (Å²) in [4.78, 5) is 2.68. The van der Waals surface area contributed by atoms with E-state index in [1.54, 1.807) is 0 Å². The van der Waals surface area contributed by atoms with Gasteiger partial charge in [0.2, 0.25) is 0 Å². The number of para-hydroxylation sites is 1. The van der Waals surface area contributed by atoms with Gasteiger partial charge in [0.25, 0.3) is 0 Å². The van der Waals surface area contributed by atoms with Gasteiger partial charge in [0.1, 0.15) is 11.5 Å². The van der Waals surface area contributed by atoms with Gasteiger partial charge in [-0.1, -0.05) is 133 Å². The summed E-state index contributed by atoms with van der Waals surface area (Å²) < 4.78 is 7.29. The summed E-state index contributed by atoms with van der Waals surface area (Å²) in [6.45, 7) is 14.7. The average Bonchev–Trinajstić information content (AvgIpc) is 3.85. The van der Waals surface area contributed by atoms with E-state index in [2.05, 4.69) is 174 Å².